The van der Waals surface area contributed by atoms with E-state index in [1.165, 1.54) is 4.90 Å². The molecular weight excluding hydrogens is 430 g/mol. The quantitative estimate of drug-likeness (QED) is 0.504. The fraction of sp³-hybridized carbons (Fsp3) is 0.417. The number of pyridine rings is 1. The van der Waals surface area contributed by atoms with Gasteiger partial charge in [-0.25, -0.2) is 0 Å². The van der Waals surface area contributed by atoms with E-state index in [0.29, 0.717) is 11.4 Å². The number of primary amides is 1. The zero-order chi connectivity index (χ0) is 23.6. The third-order valence-electron chi connectivity index (χ3n) is 5.42. The number of nitrogens with zero attached hydrogens (tertiary/aromatic N) is 2. The molecule has 1 atom stereocenters. The van der Waals surface area contributed by atoms with E-state index in [1.54, 1.807) is 33.0 Å². The van der Waals surface area contributed by atoms with Gasteiger partial charge in [0.05, 0.1) is 5.69 Å². The number of ether oxygens (including phenoxy) is 1. The fourth-order valence-electron chi connectivity index (χ4n) is 3.85. The number of fused-ring (bicyclic) bond motifs is 1. The minimum Gasteiger partial charge on any atom is -0.460 e. The lowest BCUT2D eigenvalue weighted by Gasteiger charge is -2.25. The number of rotatable bonds is 7. The highest BCUT2D eigenvalue weighted by atomic mass is 35.5. The third kappa shape index (κ3) is 5.10. The maximum atomic E-state index is 13.0. The molecule has 0 bridgehead atoms. The first-order valence-electron chi connectivity index (χ1n) is 10.5. The van der Waals surface area contributed by atoms with Crippen molar-refractivity contribution in [2.45, 2.75) is 64.6 Å². The van der Waals surface area contributed by atoms with Crippen molar-refractivity contribution in [2.75, 3.05) is 0 Å². The molecule has 0 radical (unpaired) electrons. The number of amides is 2. The summed E-state index contributed by atoms with van der Waals surface area (Å²) in [5, 5.41) is 0. The Labute approximate surface area is 192 Å². The van der Waals surface area contributed by atoms with Gasteiger partial charge in [0.15, 0.2) is 0 Å². The monoisotopic (exact) mass is 457 g/mol. The molecule has 1 aliphatic rings. The van der Waals surface area contributed by atoms with Crippen LogP contribution in [0.3, 0.4) is 0 Å². The van der Waals surface area contributed by atoms with Gasteiger partial charge in [0, 0.05) is 36.2 Å². The predicted octanol–water partition coefficient (Wildman–Crippen LogP) is 3.73. The molecule has 2 amide bonds. The van der Waals surface area contributed by atoms with Gasteiger partial charge in [-0.05, 0) is 69.0 Å². The first-order valence-corrected chi connectivity index (χ1v) is 11.0. The Kier molecular flexibility index (Phi) is 6.88. The van der Waals surface area contributed by atoms with Crippen LogP contribution in [0, 0.1) is 6.92 Å². The van der Waals surface area contributed by atoms with Gasteiger partial charge >= 0.3 is 5.97 Å². The van der Waals surface area contributed by atoms with E-state index < -0.39 is 23.5 Å². The Bertz CT molecular complexity index is 1060. The Balaban J connectivity index is 1.81. The van der Waals surface area contributed by atoms with Gasteiger partial charge in [0.1, 0.15) is 11.6 Å². The second kappa shape index (κ2) is 9.28. The van der Waals surface area contributed by atoms with E-state index in [0.717, 1.165) is 27.9 Å². The number of hydrogen-bond acceptors (Lipinski definition) is 5. The smallest absolute Gasteiger partial charge is 0.306 e. The van der Waals surface area contributed by atoms with Crippen molar-refractivity contribution < 1.29 is 19.1 Å². The number of aromatic nitrogens is 1. The lowest BCUT2D eigenvalue weighted by Crippen LogP contribution is -2.45. The topological polar surface area (TPSA) is 103 Å². The molecule has 0 aliphatic carbocycles. The number of carbonyl (C=O) groups is 3. The Morgan fingerprint density at radius 2 is 2.00 bits per heavy atom. The van der Waals surface area contributed by atoms with Crippen LogP contribution < -0.4 is 5.73 Å². The third-order valence-corrected chi connectivity index (χ3v) is 5.71. The molecule has 2 heterocycles. The van der Waals surface area contributed by atoms with Gasteiger partial charge in [-0.1, -0.05) is 6.07 Å². The van der Waals surface area contributed by atoms with Crippen molar-refractivity contribution in [3.8, 4) is 11.3 Å². The molecule has 1 unspecified atom stereocenters. The lowest BCUT2D eigenvalue weighted by molar-refractivity contribution is -0.155. The number of alkyl halides is 1. The normalized spacial score (nSPS) is 14.3. The largest absolute Gasteiger partial charge is 0.460 e. The first-order chi connectivity index (χ1) is 15.0. The molecule has 0 fully saturated rings. The van der Waals surface area contributed by atoms with Crippen molar-refractivity contribution in [1.29, 1.82) is 0 Å². The van der Waals surface area contributed by atoms with E-state index >= 15 is 0 Å². The Morgan fingerprint density at radius 3 is 2.62 bits per heavy atom. The summed E-state index contributed by atoms with van der Waals surface area (Å²) in [5.74, 6) is -0.979. The van der Waals surface area contributed by atoms with Crippen LogP contribution in [0.15, 0.2) is 30.5 Å². The Hall–Kier alpha value is -2.93. The van der Waals surface area contributed by atoms with Gasteiger partial charge in [-0.2, -0.15) is 0 Å². The zero-order valence-electron chi connectivity index (χ0n) is 18.8. The highest BCUT2D eigenvalue weighted by molar-refractivity contribution is 6.17. The van der Waals surface area contributed by atoms with Crippen LogP contribution in [0.2, 0.25) is 0 Å². The van der Waals surface area contributed by atoms with Gasteiger partial charge in [-0.3, -0.25) is 19.4 Å². The second-order valence-electron chi connectivity index (χ2n) is 8.93. The fourth-order valence-corrected chi connectivity index (χ4v) is 4.14. The molecular formula is C24H28ClN3O4. The van der Waals surface area contributed by atoms with Crippen LogP contribution in [0.5, 0.6) is 0 Å². The van der Waals surface area contributed by atoms with Crippen LogP contribution in [0.1, 0.15) is 60.7 Å². The van der Waals surface area contributed by atoms with E-state index in [2.05, 4.69) is 4.98 Å². The summed E-state index contributed by atoms with van der Waals surface area (Å²) in [6, 6.07) is 6.48. The molecule has 0 spiro atoms. The van der Waals surface area contributed by atoms with Crippen LogP contribution in [-0.4, -0.2) is 39.3 Å². The summed E-state index contributed by atoms with van der Waals surface area (Å²) in [7, 11) is 0. The highest BCUT2D eigenvalue weighted by Gasteiger charge is 2.36. The second-order valence-corrected chi connectivity index (χ2v) is 9.19. The SMILES string of the molecule is Cc1c(CCl)ccnc1-c1ccc2c(c1)CN(C(CCC(=O)OC(C)(C)C)C(N)=O)C2=O. The maximum absolute atomic E-state index is 13.0. The summed E-state index contributed by atoms with van der Waals surface area (Å²) in [6.07, 6.45) is 1.81. The molecule has 170 valence electrons. The molecule has 0 saturated heterocycles. The van der Waals surface area contributed by atoms with Crippen molar-refractivity contribution in [3.05, 3.63) is 52.7 Å². The number of nitrogens with two attached hydrogens (primary N) is 1. The predicted molar refractivity (Wildman–Crippen MR) is 122 cm³/mol. The Morgan fingerprint density at radius 1 is 1.28 bits per heavy atom. The molecule has 3 rings (SSSR count). The summed E-state index contributed by atoms with van der Waals surface area (Å²) >= 11 is 6.02. The molecule has 1 aliphatic heterocycles. The number of esters is 1. The number of carbonyl (C=O) groups excluding carboxylic acids is 3. The molecule has 1 aromatic heterocycles. The number of benzene rings is 1. The van der Waals surface area contributed by atoms with Crippen LogP contribution in [0.4, 0.5) is 0 Å². The first kappa shape index (κ1) is 23.7. The minimum atomic E-state index is -0.898. The van der Waals surface area contributed by atoms with Crippen molar-refractivity contribution >= 4 is 29.4 Å². The van der Waals surface area contributed by atoms with Gasteiger partial charge in [-0.15, -0.1) is 11.6 Å². The van der Waals surface area contributed by atoms with Crippen LogP contribution >= 0.6 is 11.6 Å². The number of halogens is 1. The number of hydrogen-bond donors (Lipinski definition) is 1. The minimum absolute atomic E-state index is 0.00934. The van der Waals surface area contributed by atoms with Crippen LogP contribution in [-0.2, 0) is 26.8 Å². The molecule has 8 heteroatoms. The van der Waals surface area contributed by atoms with Crippen molar-refractivity contribution in [3.63, 3.8) is 0 Å². The summed E-state index contributed by atoms with van der Waals surface area (Å²) in [6.45, 7) is 7.51. The maximum Gasteiger partial charge on any atom is 0.306 e. The van der Waals surface area contributed by atoms with E-state index in [1.807, 2.05) is 25.1 Å². The summed E-state index contributed by atoms with van der Waals surface area (Å²) in [4.78, 5) is 43.1. The van der Waals surface area contributed by atoms with E-state index in [4.69, 9.17) is 22.1 Å². The average Bonchev–Trinajstić information content (AvgIpc) is 3.02. The highest BCUT2D eigenvalue weighted by Crippen LogP contribution is 2.32. The van der Waals surface area contributed by atoms with Gasteiger partial charge in [0.25, 0.3) is 5.91 Å². The van der Waals surface area contributed by atoms with E-state index in [9.17, 15) is 14.4 Å². The summed E-state index contributed by atoms with van der Waals surface area (Å²) < 4.78 is 5.30. The average molecular weight is 458 g/mol. The van der Waals surface area contributed by atoms with Crippen LogP contribution in [0.25, 0.3) is 11.3 Å². The van der Waals surface area contributed by atoms with Crippen molar-refractivity contribution in [2.24, 2.45) is 5.73 Å². The summed E-state index contributed by atoms with van der Waals surface area (Å²) in [5.41, 5.74) is 9.91. The standard InChI is InChI=1S/C24H28ClN3O4/c1-14-16(12-25)9-10-27-21(14)15-5-6-18-17(11-15)13-28(23(18)31)19(22(26)30)7-8-20(29)32-24(2,3)4/h5-6,9-11,19H,7-8,12-13H2,1-4H3,(H2,26,30). The molecule has 2 N–H and O–H groups in total. The molecule has 32 heavy (non-hydrogen) atoms. The van der Waals surface area contributed by atoms with Gasteiger partial charge in [0.2, 0.25) is 5.91 Å². The molecule has 0 saturated carbocycles. The molecule has 2 aromatic rings. The lowest BCUT2D eigenvalue weighted by atomic mass is 9.99. The van der Waals surface area contributed by atoms with E-state index in [-0.39, 0.29) is 25.3 Å². The molecule has 1 aromatic carbocycles. The molecule has 7 nitrogen and oxygen atoms in total. The zero-order valence-corrected chi connectivity index (χ0v) is 19.5. The van der Waals surface area contributed by atoms with Crippen molar-refractivity contribution in [1.82, 2.24) is 9.88 Å². The van der Waals surface area contributed by atoms with Gasteiger partial charge < -0.3 is 15.4 Å².